The average Bonchev–Trinajstić information content (AvgIpc) is 3.00. The maximum atomic E-state index is 4.91. The summed E-state index contributed by atoms with van der Waals surface area (Å²) in [5, 5.41) is 9.05. The lowest BCUT2D eigenvalue weighted by Gasteiger charge is -2.35. The van der Waals surface area contributed by atoms with Crippen LogP contribution in [-0.4, -0.2) is 91.2 Å². The number of rotatable bonds is 8. The Bertz CT molecular complexity index is 1730. The average molecular weight is 606 g/mol. The van der Waals surface area contributed by atoms with Gasteiger partial charge < -0.3 is 30.2 Å². The molecule has 234 valence electrons. The van der Waals surface area contributed by atoms with E-state index in [0.717, 1.165) is 81.9 Å². The van der Waals surface area contributed by atoms with Crippen molar-refractivity contribution in [3.63, 3.8) is 0 Å². The highest BCUT2D eigenvalue weighted by Gasteiger charge is 2.24. The van der Waals surface area contributed by atoms with E-state index in [4.69, 9.17) is 24.9 Å². The molecule has 0 amide bonds. The molecule has 6 rings (SSSR count). The van der Waals surface area contributed by atoms with E-state index in [1.54, 1.807) is 0 Å². The van der Waals surface area contributed by atoms with Crippen LogP contribution in [0.3, 0.4) is 0 Å². The van der Waals surface area contributed by atoms with Gasteiger partial charge in [-0.3, -0.25) is 9.97 Å². The molecule has 11 heteroatoms. The van der Waals surface area contributed by atoms with Crippen LogP contribution in [0.5, 0.6) is 0 Å². The van der Waals surface area contributed by atoms with Crippen molar-refractivity contribution >= 4 is 62.4 Å². The Kier molecular flexibility index (Phi) is 8.28. The van der Waals surface area contributed by atoms with Crippen molar-refractivity contribution in [3.8, 4) is 0 Å². The molecule has 11 nitrogen and oxygen atoms in total. The van der Waals surface area contributed by atoms with Crippen LogP contribution < -0.4 is 25.3 Å². The van der Waals surface area contributed by atoms with Crippen LogP contribution in [0.1, 0.15) is 24.2 Å². The Morgan fingerprint density at radius 1 is 0.644 bits per heavy atom. The Labute approximate surface area is 265 Å². The van der Waals surface area contributed by atoms with E-state index in [9.17, 15) is 0 Å². The SMILES string of the molecule is Cc1cc(N(C)C)c2cc(Nc3nc(Nc4ccc5nc(C)cc(N(C)C)c5c4)nc(N(C)C4CCN(C)CC4)n3)ccc2n1. The van der Waals surface area contributed by atoms with Gasteiger partial charge in [-0.05, 0) is 95.4 Å². The number of anilines is 7. The van der Waals surface area contributed by atoms with Crippen molar-refractivity contribution in [1.29, 1.82) is 0 Å². The minimum Gasteiger partial charge on any atom is -0.377 e. The number of hydrogen-bond acceptors (Lipinski definition) is 11. The lowest BCUT2D eigenvalue weighted by molar-refractivity contribution is 0.252. The molecule has 0 radical (unpaired) electrons. The summed E-state index contributed by atoms with van der Waals surface area (Å²) in [6.45, 7) is 6.14. The van der Waals surface area contributed by atoms with Gasteiger partial charge in [-0.1, -0.05) is 0 Å². The monoisotopic (exact) mass is 605 g/mol. The third kappa shape index (κ3) is 6.53. The fraction of sp³-hybridized carbons (Fsp3) is 0.382. The second-order valence-electron chi connectivity index (χ2n) is 12.5. The molecule has 2 aromatic carbocycles. The number of aromatic nitrogens is 5. The highest BCUT2D eigenvalue weighted by atomic mass is 15.3. The minimum absolute atomic E-state index is 0.347. The van der Waals surface area contributed by atoms with Crippen molar-refractivity contribution in [2.45, 2.75) is 32.7 Å². The molecular formula is C34H43N11. The predicted octanol–water partition coefficient (Wildman–Crippen LogP) is 5.73. The van der Waals surface area contributed by atoms with Crippen molar-refractivity contribution in [2.24, 2.45) is 0 Å². The summed E-state index contributed by atoms with van der Waals surface area (Å²) >= 11 is 0. The summed E-state index contributed by atoms with van der Waals surface area (Å²) in [5.74, 6) is 1.57. The van der Waals surface area contributed by atoms with E-state index in [-0.39, 0.29) is 0 Å². The van der Waals surface area contributed by atoms with Gasteiger partial charge in [-0.15, -0.1) is 0 Å². The second kappa shape index (κ2) is 12.3. The van der Waals surface area contributed by atoms with Crippen LogP contribution in [0, 0.1) is 13.8 Å². The normalized spacial score (nSPS) is 14.1. The summed E-state index contributed by atoms with van der Waals surface area (Å²) in [6.07, 6.45) is 2.11. The Balaban J connectivity index is 1.38. The predicted molar refractivity (Wildman–Crippen MR) is 187 cm³/mol. The van der Waals surface area contributed by atoms with Gasteiger partial charge in [0.05, 0.1) is 11.0 Å². The van der Waals surface area contributed by atoms with Gasteiger partial charge in [0.1, 0.15) is 0 Å². The first kappa shape index (κ1) is 30.3. The number of nitrogens with one attached hydrogen (secondary N) is 2. The lowest BCUT2D eigenvalue weighted by Crippen LogP contribution is -2.42. The van der Waals surface area contributed by atoms with Crippen molar-refractivity contribution < 1.29 is 0 Å². The van der Waals surface area contributed by atoms with Crippen molar-refractivity contribution in [1.82, 2.24) is 29.8 Å². The van der Waals surface area contributed by atoms with E-state index < -0.39 is 0 Å². The van der Waals surface area contributed by atoms with E-state index in [0.29, 0.717) is 23.9 Å². The van der Waals surface area contributed by atoms with Crippen molar-refractivity contribution in [3.05, 3.63) is 59.9 Å². The van der Waals surface area contributed by atoms with E-state index in [1.165, 1.54) is 0 Å². The number of fused-ring (bicyclic) bond motifs is 2. The summed E-state index contributed by atoms with van der Waals surface area (Å²) in [4.78, 5) is 32.9. The van der Waals surface area contributed by atoms with Crippen LogP contribution >= 0.6 is 0 Å². The number of likely N-dealkylation sites (tertiary alicyclic amines) is 1. The summed E-state index contributed by atoms with van der Waals surface area (Å²) < 4.78 is 0. The first-order chi connectivity index (χ1) is 21.5. The number of pyridine rings is 2. The van der Waals surface area contributed by atoms with Gasteiger partial charge in [0.2, 0.25) is 17.8 Å². The van der Waals surface area contributed by atoms with Crippen LogP contribution in [0.15, 0.2) is 48.5 Å². The standard InChI is InChI=1S/C34H43N11/c1-21-17-30(42(3)4)26-19-23(9-11-28(26)35-21)37-32-39-33(41-34(40-32)45(8)25-13-15-44(7)16-14-25)38-24-10-12-29-27(20-24)31(43(5)6)18-22(2)36-29/h9-12,17-20,25H,13-16H2,1-8H3,(H2,37,38,39,40,41). The molecule has 0 spiro atoms. The van der Waals surface area contributed by atoms with Gasteiger partial charge in [0.15, 0.2) is 0 Å². The zero-order chi connectivity index (χ0) is 31.8. The topological polar surface area (TPSA) is 101 Å². The van der Waals surface area contributed by atoms with Gasteiger partial charge in [0, 0.05) is 86.2 Å². The number of benzene rings is 2. The maximum absolute atomic E-state index is 4.91. The number of nitrogens with zero attached hydrogens (tertiary/aromatic N) is 9. The molecule has 0 atom stereocenters. The van der Waals surface area contributed by atoms with Gasteiger partial charge in [-0.25, -0.2) is 0 Å². The zero-order valence-electron chi connectivity index (χ0n) is 27.5. The van der Waals surface area contributed by atoms with Crippen LogP contribution in [-0.2, 0) is 0 Å². The van der Waals surface area contributed by atoms with Gasteiger partial charge in [0.25, 0.3) is 0 Å². The lowest BCUT2D eigenvalue weighted by atomic mass is 10.0. The maximum Gasteiger partial charge on any atom is 0.233 e. The molecule has 0 aliphatic carbocycles. The number of hydrogen-bond donors (Lipinski definition) is 2. The molecule has 1 fully saturated rings. The minimum atomic E-state index is 0.347. The molecule has 1 saturated heterocycles. The second-order valence-corrected chi connectivity index (χ2v) is 12.5. The third-order valence-corrected chi connectivity index (χ3v) is 8.48. The van der Waals surface area contributed by atoms with E-state index in [1.807, 2.05) is 38.1 Å². The largest absolute Gasteiger partial charge is 0.377 e. The molecule has 45 heavy (non-hydrogen) atoms. The first-order valence-corrected chi connectivity index (χ1v) is 15.4. The highest BCUT2D eigenvalue weighted by molar-refractivity contribution is 5.95. The molecule has 2 N–H and O–H groups in total. The highest BCUT2D eigenvalue weighted by Crippen LogP contribution is 2.31. The molecule has 3 aromatic heterocycles. The van der Waals surface area contributed by atoms with Crippen LogP contribution in [0.2, 0.25) is 0 Å². The fourth-order valence-electron chi connectivity index (χ4n) is 6.01. The third-order valence-electron chi connectivity index (χ3n) is 8.48. The molecule has 5 aromatic rings. The molecule has 0 bridgehead atoms. The molecule has 0 unspecified atom stereocenters. The van der Waals surface area contributed by atoms with Crippen LogP contribution in [0.25, 0.3) is 21.8 Å². The first-order valence-electron chi connectivity index (χ1n) is 15.4. The van der Waals surface area contributed by atoms with Crippen molar-refractivity contribution in [2.75, 3.05) is 80.7 Å². The molecular weight excluding hydrogens is 562 g/mol. The smallest absolute Gasteiger partial charge is 0.233 e. The molecule has 4 heterocycles. The van der Waals surface area contributed by atoms with E-state index >= 15 is 0 Å². The Morgan fingerprint density at radius 2 is 1.11 bits per heavy atom. The zero-order valence-corrected chi connectivity index (χ0v) is 27.5. The summed E-state index contributed by atoms with van der Waals surface area (Å²) in [7, 11) is 12.5. The van der Waals surface area contributed by atoms with Gasteiger partial charge >= 0.3 is 0 Å². The Hall–Kier alpha value is -4.77. The molecule has 0 saturated carbocycles. The van der Waals surface area contributed by atoms with E-state index in [2.05, 4.69) is 96.8 Å². The summed E-state index contributed by atoms with van der Waals surface area (Å²) in [6, 6.07) is 16.9. The quantitative estimate of drug-likeness (QED) is 0.227. The fourth-order valence-corrected chi connectivity index (χ4v) is 6.01. The van der Waals surface area contributed by atoms with Crippen LogP contribution in [0.4, 0.5) is 40.6 Å². The number of piperidine rings is 1. The Morgan fingerprint density at radius 3 is 1.56 bits per heavy atom. The number of aryl methyl sites for hydroxylation is 2. The summed E-state index contributed by atoms with van der Waals surface area (Å²) in [5.41, 5.74) is 7.84. The molecule has 1 aliphatic heterocycles. The van der Waals surface area contributed by atoms with Gasteiger partial charge in [-0.2, -0.15) is 15.0 Å². The molecule has 1 aliphatic rings.